The summed E-state index contributed by atoms with van der Waals surface area (Å²) in [6.07, 6.45) is 1.62. The highest BCUT2D eigenvalue weighted by molar-refractivity contribution is 5.59. The predicted molar refractivity (Wildman–Crippen MR) is 104 cm³/mol. The fourth-order valence-corrected chi connectivity index (χ4v) is 2.67. The maximum absolute atomic E-state index is 4.49. The van der Waals surface area contributed by atoms with E-state index in [1.54, 1.807) is 6.33 Å². The van der Waals surface area contributed by atoms with E-state index in [0.717, 1.165) is 23.9 Å². The van der Waals surface area contributed by atoms with Crippen molar-refractivity contribution in [1.29, 1.82) is 0 Å². The van der Waals surface area contributed by atoms with E-state index in [-0.39, 0.29) is 0 Å². The Labute approximate surface area is 149 Å². The molecule has 1 aromatic heterocycles. The molecule has 0 radical (unpaired) electrons. The van der Waals surface area contributed by atoms with Crippen molar-refractivity contribution in [2.75, 3.05) is 10.2 Å². The van der Waals surface area contributed by atoms with Crippen molar-refractivity contribution >= 4 is 17.3 Å². The van der Waals surface area contributed by atoms with Gasteiger partial charge in [-0.1, -0.05) is 48.0 Å². The van der Waals surface area contributed by atoms with Gasteiger partial charge in [0, 0.05) is 24.3 Å². The molecule has 0 fully saturated rings. The largest absolute Gasteiger partial charge is 0.350 e. The van der Waals surface area contributed by atoms with Crippen LogP contribution in [0.3, 0.4) is 0 Å². The van der Waals surface area contributed by atoms with Gasteiger partial charge in [-0.2, -0.15) is 0 Å². The summed E-state index contributed by atoms with van der Waals surface area (Å²) in [6.45, 7) is 7.26. The lowest BCUT2D eigenvalue weighted by Crippen LogP contribution is -2.31. The average Bonchev–Trinajstić information content (AvgIpc) is 2.62. The van der Waals surface area contributed by atoms with E-state index in [9.17, 15) is 0 Å². The summed E-state index contributed by atoms with van der Waals surface area (Å²) < 4.78 is 0. The van der Waals surface area contributed by atoms with Crippen LogP contribution in [0.2, 0.25) is 0 Å². The standard InChI is InChI=1S/C21H24N4/c1-16(2)25(14-18-7-5-4-6-8-18)21-13-20(22-15-23-21)24-19-11-9-17(3)10-12-19/h4-13,15-16H,14H2,1-3H3,(H,22,23,24). The van der Waals surface area contributed by atoms with Crippen molar-refractivity contribution < 1.29 is 0 Å². The minimum Gasteiger partial charge on any atom is -0.350 e. The molecule has 1 heterocycles. The summed E-state index contributed by atoms with van der Waals surface area (Å²) in [5, 5.41) is 3.35. The molecule has 0 unspecified atom stereocenters. The van der Waals surface area contributed by atoms with Gasteiger partial charge in [0.2, 0.25) is 0 Å². The van der Waals surface area contributed by atoms with Crippen LogP contribution in [0, 0.1) is 6.92 Å². The second kappa shape index (κ2) is 7.79. The summed E-state index contributed by atoms with van der Waals surface area (Å²) >= 11 is 0. The zero-order valence-electron chi connectivity index (χ0n) is 15.0. The van der Waals surface area contributed by atoms with Gasteiger partial charge in [-0.25, -0.2) is 9.97 Å². The van der Waals surface area contributed by atoms with Crippen LogP contribution in [0.15, 0.2) is 67.0 Å². The van der Waals surface area contributed by atoms with Crippen LogP contribution in [0.1, 0.15) is 25.0 Å². The van der Waals surface area contributed by atoms with Crippen molar-refractivity contribution in [3.05, 3.63) is 78.1 Å². The lowest BCUT2D eigenvalue weighted by molar-refractivity contribution is 0.671. The molecule has 4 heteroatoms. The molecule has 128 valence electrons. The number of anilines is 3. The SMILES string of the molecule is Cc1ccc(Nc2cc(N(Cc3ccccc3)C(C)C)ncn2)cc1. The summed E-state index contributed by atoms with van der Waals surface area (Å²) in [5.41, 5.74) is 3.53. The molecule has 0 aliphatic heterocycles. The summed E-state index contributed by atoms with van der Waals surface area (Å²) in [5.74, 6) is 1.72. The van der Waals surface area contributed by atoms with Gasteiger partial charge in [0.05, 0.1) is 0 Å². The quantitative estimate of drug-likeness (QED) is 0.694. The molecule has 0 saturated heterocycles. The van der Waals surface area contributed by atoms with E-state index < -0.39 is 0 Å². The van der Waals surface area contributed by atoms with Gasteiger partial charge in [0.25, 0.3) is 0 Å². The lowest BCUT2D eigenvalue weighted by atomic mass is 10.2. The highest BCUT2D eigenvalue weighted by Gasteiger charge is 2.13. The van der Waals surface area contributed by atoms with Crippen LogP contribution < -0.4 is 10.2 Å². The van der Waals surface area contributed by atoms with Crippen molar-refractivity contribution in [1.82, 2.24) is 9.97 Å². The van der Waals surface area contributed by atoms with Crippen molar-refractivity contribution in [3.63, 3.8) is 0 Å². The molecule has 0 saturated carbocycles. The Morgan fingerprint density at radius 1 is 0.960 bits per heavy atom. The second-order valence-electron chi connectivity index (χ2n) is 6.46. The van der Waals surface area contributed by atoms with Gasteiger partial charge >= 0.3 is 0 Å². The molecule has 0 atom stereocenters. The monoisotopic (exact) mass is 332 g/mol. The van der Waals surface area contributed by atoms with Gasteiger partial charge in [-0.05, 0) is 38.5 Å². The molecular weight excluding hydrogens is 308 g/mol. The first kappa shape index (κ1) is 17.0. The van der Waals surface area contributed by atoms with Gasteiger partial charge in [0.1, 0.15) is 18.0 Å². The van der Waals surface area contributed by atoms with Gasteiger partial charge < -0.3 is 10.2 Å². The van der Waals surface area contributed by atoms with Crippen LogP contribution in [-0.2, 0) is 6.54 Å². The van der Waals surface area contributed by atoms with E-state index in [0.29, 0.717) is 6.04 Å². The number of benzene rings is 2. The van der Waals surface area contributed by atoms with E-state index >= 15 is 0 Å². The number of aryl methyl sites for hydroxylation is 1. The Hall–Kier alpha value is -2.88. The summed E-state index contributed by atoms with van der Waals surface area (Å²) in [7, 11) is 0. The third-order valence-corrected chi connectivity index (χ3v) is 4.09. The van der Waals surface area contributed by atoms with Crippen LogP contribution in [-0.4, -0.2) is 16.0 Å². The van der Waals surface area contributed by atoms with Gasteiger partial charge in [-0.15, -0.1) is 0 Å². The molecule has 1 N–H and O–H groups in total. The number of hydrogen-bond donors (Lipinski definition) is 1. The minimum atomic E-state index is 0.335. The van der Waals surface area contributed by atoms with Crippen LogP contribution in [0.25, 0.3) is 0 Å². The number of nitrogens with zero attached hydrogens (tertiary/aromatic N) is 3. The Morgan fingerprint density at radius 3 is 2.36 bits per heavy atom. The van der Waals surface area contributed by atoms with E-state index in [1.807, 2.05) is 12.1 Å². The predicted octanol–water partition coefficient (Wildman–Crippen LogP) is 4.94. The third kappa shape index (κ3) is 4.57. The Bertz CT molecular complexity index is 798. The first-order valence-corrected chi connectivity index (χ1v) is 8.58. The first-order valence-electron chi connectivity index (χ1n) is 8.58. The summed E-state index contributed by atoms with van der Waals surface area (Å²) in [6, 6.07) is 21.1. The zero-order valence-corrected chi connectivity index (χ0v) is 15.0. The van der Waals surface area contributed by atoms with Crippen LogP contribution in [0.5, 0.6) is 0 Å². The van der Waals surface area contributed by atoms with Crippen LogP contribution in [0.4, 0.5) is 17.3 Å². The normalized spacial score (nSPS) is 10.7. The maximum atomic E-state index is 4.49. The molecule has 3 rings (SSSR count). The zero-order chi connectivity index (χ0) is 17.6. The number of nitrogens with one attached hydrogen (secondary N) is 1. The Morgan fingerprint density at radius 2 is 1.68 bits per heavy atom. The minimum absolute atomic E-state index is 0.335. The molecule has 0 aliphatic carbocycles. The first-order chi connectivity index (χ1) is 12.1. The number of aromatic nitrogens is 2. The smallest absolute Gasteiger partial charge is 0.135 e. The van der Waals surface area contributed by atoms with Crippen molar-refractivity contribution in [3.8, 4) is 0 Å². The summed E-state index contributed by atoms with van der Waals surface area (Å²) in [4.78, 5) is 11.1. The Kier molecular flexibility index (Phi) is 5.29. The van der Waals surface area contributed by atoms with Crippen LogP contribution >= 0.6 is 0 Å². The highest BCUT2D eigenvalue weighted by atomic mass is 15.2. The number of rotatable bonds is 6. The average molecular weight is 332 g/mol. The Balaban J connectivity index is 1.81. The molecule has 4 nitrogen and oxygen atoms in total. The third-order valence-electron chi connectivity index (χ3n) is 4.09. The fourth-order valence-electron chi connectivity index (χ4n) is 2.67. The molecule has 25 heavy (non-hydrogen) atoms. The topological polar surface area (TPSA) is 41.0 Å². The highest BCUT2D eigenvalue weighted by Crippen LogP contribution is 2.22. The molecule has 0 bridgehead atoms. The second-order valence-corrected chi connectivity index (χ2v) is 6.46. The molecular formula is C21H24N4. The maximum Gasteiger partial charge on any atom is 0.135 e. The molecule has 0 amide bonds. The van der Waals surface area contributed by atoms with E-state index in [4.69, 9.17) is 0 Å². The van der Waals surface area contributed by atoms with E-state index in [2.05, 4.69) is 89.5 Å². The fraction of sp³-hybridized carbons (Fsp3) is 0.238. The molecule has 3 aromatic rings. The van der Waals surface area contributed by atoms with Crippen molar-refractivity contribution in [2.45, 2.75) is 33.4 Å². The van der Waals surface area contributed by atoms with Gasteiger partial charge in [0.15, 0.2) is 0 Å². The molecule has 0 aliphatic rings. The van der Waals surface area contributed by atoms with E-state index in [1.165, 1.54) is 11.1 Å². The number of hydrogen-bond acceptors (Lipinski definition) is 4. The van der Waals surface area contributed by atoms with Gasteiger partial charge in [-0.3, -0.25) is 0 Å². The molecule has 0 spiro atoms. The molecule has 2 aromatic carbocycles. The van der Waals surface area contributed by atoms with Crippen molar-refractivity contribution in [2.24, 2.45) is 0 Å². The lowest BCUT2D eigenvalue weighted by Gasteiger charge is -2.28.